The van der Waals surface area contributed by atoms with E-state index in [1.54, 1.807) is 12.1 Å². The van der Waals surface area contributed by atoms with Gasteiger partial charge in [0.05, 0.1) is 11.3 Å². The summed E-state index contributed by atoms with van der Waals surface area (Å²) in [4.78, 5) is 26.3. The van der Waals surface area contributed by atoms with Crippen molar-refractivity contribution in [2.45, 2.75) is 65.2 Å². The summed E-state index contributed by atoms with van der Waals surface area (Å²) in [7, 11) is 0. The maximum absolute atomic E-state index is 13.4. The molecule has 1 aromatic heterocycles. The van der Waals surface area contributed by atoms with Crippen LogP contribution in [0.1, 0.15) is 64.0 Å². The molecule has 3 aromatic rings. The lowest BCUT2D eigenvalue weighted by atomic mass is 9.86. The highest BCUT2D eigenvalue weighted by Crippen LogP contribution is 2.34. The molecule has 1 aliphatic rings. The number of rotatable bonds is 3. The molecule has 0 N–H and O–H groups in total. The number of esters is 1. The second-order valence-electron chi connectivity index (χ2n) is 9.67. The monoisotopic (exact) mass is 418 g/mol. The van der Waals surface area contributed by atoms with Crippen molar-refractivity contribution in [3.8, 4) is 17.1 Å². The van der Waals surface area contributed by atoms with E-state index in [9.17, 15) is 9.59 Å². The Bertz CT molecular complexity index is 1160. The Morgan fingerprint density at radius 3 is 2.32 bits per heavy atom. The van der Waals surface area contributed by atoms with E-state index in [1.165, 1.54) is 5.56 Å². The van der Waals surface area contributed by atoms with Gasteiger partial charge in [-0.05, 0) is 42.9 Å². The first kappa shape index (κ1) is 21.4. The third kappa shape index (κ3) is 4.43. The Hall–Kier alpha value is -2.88. The molecule has 1 aliphatic carbocycles. The first-order valence-electron chi connectivity index (χ1n) is 11.1. The average Bonchev–Trinajstić information content (AvgIpc) is 2.76. The van der Waals surface area contributed by atoms with Gasteiger partial charge in [-0.2, -0.15) is 0 Å². The molecule has 0 spiro atoms. The van der Waals surface area contributed by atoms with Gasteiger partial charge in [-0.15, -0.1) is 0 Å². The lowest BCUT2D eigenvalue weighted by Gasteiger charge is -2.21. The van der Waals surface area contributed by atoms with Crippen LogP contribution in [0.3, 0.4) is 0 Å². The highest BCUT2D eigenvalue weighted by atomic mass is 16.5. The third-order valence-corrected chi connectivity index (χ3v) is 6.16. The number of carbonyl (C=O) groups excluding carboxylic acids is 1. The van der Waals surface area contributed by atoms with E-state index >= 15 is 0 Å². The van der Waals surface area contributed by atoms with Crippen LogP contribution in [-0.2, 0) is 10.2 Å². The van der Waals surface area contributed by atoms with Crippen LogP contribution in [0.4, 0.5) is 0 Å². The molecule has 0 radical (unpaired) electrons. The van der Waals surface area contributed by atoms with Crippen molar-refractivity contribution in [2.24, 2.45) is 5.92 Å². The maximum Gasteiger partial charge on any atom is 0.314 e. The molecule has 0 saturated heterocycles. The van der Waals surface area contributed by atoms with Crippen molar-refractivity contribution in [2.75, 3.05) is 0 Å². The molecule has 31 heavy (non-hydrogen) atoms. The first-order chi connectivity index (χ1) is 14.7. The summed E-state index contributed by atoms with van der Waals surface area (Å²) in [6.07, 6.45) is 4.81. The summed E-state index contributed by atoms with van der Waals surface area (Å²) in [5, 5.41) is 0.432. The van der Waals surface area contributed by atoms with Crippen LogP contribution in [0, 0.1) is 12.8 Å². The molecule has 4 nitrogen and oxygen atoms in total. The summed E-state index contributed by atoms with van der Waals surface area (Å²) in [5.41, 5.74) is 3.05. The van der Waals surface area contributed by atoms with Crippen molar-refractivity contribution in [3.63, 3.8) is 0 Å². The van der Waals surface area contributed by atoms with E-state index in [0.717, 1.165) is 43.2 Å². The summed E-state index contributed by atoms with van der Waals surface area (Å²) >= 11 is 0. The number of aryl methyl sites for hydroxylation is 1. The summed E-state index contributed by atoms with van der Waals surface area (Å²) in [5.74, 6) is -0.174. The first-order valence-corrected chi connectivity index (χ1v) is 11.1. The van der Waals surface area contributed by atoms with Gasteiger partial charge < -0.3 is 9.15 Å². The van der Waals surface area contributed by atoms with E-state index in [0.29, 0.717) is 16.7 Å². The van der Waals surface area contributed by atoms with Crippen molar-refractivity contribution in [1.82, 2.24) is 0 Å². The standard InChI is InChI=1S/C27H30O4/c1-17-10-15-22-21(16-17)23(28)25(31-26(29)19-8-6-5-7-9-19)24(30-22)18-11-13-20(14-12-18)27(2,3)4/h10-16,19H,5-9H2,1-4H3. The topological polar surface area (TPSA) is 56.5 Å². The Morgan fingerprint density at radius 1 is 1.00 bits per heavy atom. The highest BCUT2D eigenvalue weighted by Gasteiger charge is 2.27. The molecule has 2 aromatic carbocycles. The van der Waals surface area contributed by atoms with E-state index < -0.39 is 0 Å². The van der Waals surface area contributed by atoms with Gasteiger partial charge in [0, 0.05) is 5.56 Å². The molecule has 0 unspecified atom stereocenters. The number of hydrogen-bond acceptors (Lipinski definition) is 4. The SMILES string of the molecule is Cc1ccc2oc(-c3ccc(C(C)(C)C)cc3)c(OC(=O)C3CCCCC3)c(=O)c2c1. The van der Waals surface area contributed by atoms with Crippen molar-refractivity contribution in [3.05, 3.63) is 63.8 Å². The number of carbonyl (C=O) groups is 1. The molecule has 1 heterocycles. The van der Waals surface area contributed by atoms with Crippen molar-refractivity contribution in [1.29, 1.82) is 0 Å². The van der Waals surface area contributed by atoms with Crippen LogP contribution in [-0.4, -0.2) is 5.97 Å². The smallest absolute Gasteiger partial charge is 0.314 e. The molecule has 0 amide bonds. The highest BCUT2D eigenvalue weighted by molar-refractivity contribution is 5.85. The summed E-state index contributed by atoms with van der Waals surface area (Å²) in [6, 6.07) is 13.4. The van der Waals surface area contributed by atoms with Gasteiger partial charge in [-0.1, -0.05) is 75.9 Å². The molecule has 162 valence electrons. The van der Waals surface area contributed by atoms with Crippen LogP contribution < -0.4 is 10.2 Å². The van der Waals surface area contributed by atoms with Crippen LogP contribution >= 0.6 is 0 Å². The van der Waals surface area contributed by atoms with Gasteiger partial charge in [0.1, 0.15) is 5.58 Å². The average molecular weight is 419 g/mol. The van der Waals surface area contributed by atoms with Crippen LogP contribution in [0.25, 0.3) is 22.3 Å². The zero-order valence-electron chi connectivity index (χ0n) is 18.8. The van der Waals surface area contributed by atoms with E-state index in [4.69, 9.17) is 9.15 Å². The minimum absolute atomic E-state index is 0.00261. The van der Waals surface area contributed by atoms with Crippen molar-refractivity contribution < 1.29 is 13.9 Å². The molecule has 1 fully saturated rings. The zero-order valence-corrected chi connectivity index (χ0v) is 18.8. The fraction of sp³-hybridized carbons (Fsp3) is 0.407. The van der Waals surface area contributed by atoms with Crippen LogP contribution in [0.5, 0.6) is 5.75 Å². The fourth-order valence-corrected chi connectivity index (χ4v) is 4.22. The van der Waals surface area contributed by atoms with Gasteiger partial charge in [0.25, 0.3) is 0 Å². The lowest BCUT2D eigenvalue weighted by Crippen LogP contribution is -2.25. The molecule has 0 aliphatic heterocycles. The second kappa shape index (κ2) is 8.33. The summed E-state index contributed by atoms with van der Waals surface area (Å²) < 4.78 is 11.9. The number of benzene rings is 2. The van der Waals surface area contributed by atoms with Crippen molar-refractivity contribution >= 4 is 16.9 Å². The number of fused-ring (bicyclic) bond motifs is 1. The minimum Gasteiger partial charge on any atom is -0.452 e. The third-order valence-electron chi connectivity index (χ3n) is 6.16. The maximum atomic E-state index is 13.4. The molecule has 1 saturated carbocycles. The van der Waals surface area contributed by atoms with E-state index in [2.05, 4.69) is 20.8 Å². The minimum atomic E-state index is -0.327. The predicted molar refractivity (Wildman–Crippen MR) is 124 cm³/mol. The van der Waals surface area contributed by atoms with Gasteiger partial charge in [0.15, 0.2) is 5.76 Å². The van der Waals surface area contributed by atoms with Gasteiger partial charge in [-0.3, -0.25) is 9.59 Å². The molecular weight excluding hydrogens is 388 g/mol. The van der Waals surface area contributed by atoms with Crippen LogP contribution in [0.2, 0.25) is 0 Å². The molecule has 4 rings (SSSR count). The Balaban J connectivity index is 1.82. The number of ether oxygens (including phenoxy) is 1. The zero-order chi connectivity index (χ0) is 22.2. The Labute approximate surface area is 183 Å². The summed E-state index contributed by atoms with van der Waals surface area (Å²) in [6.45, 7) is 8.37. The lowest BCUT2D eigenvalue weighted by molar-refractivity contribution is -0.140. The largest absolute Gasteiger partial charge is 0.452 e. The van der Waals surface area contributed by atoms with E-state index in [-0.39, 0.29) is 28.5 Å². The Morgan fingerprint density at radius 2 is 1.68 bits per heavy atom. The second-order valence-corrected chi connectivity index (χ2v) is 9.67. The van der Waals surface area contributed by atoms with E-state index in [1.807, 2.05) is 37.3 Å². The Kier molecular flexibility index (Phi) is 5.74. The molecule has 4 heteroatoms. The van der Waals surface area contributed by atoms with Gasteiger partial charge in [-0.25, -0.2) is 0 Å². The normalized spacial score (nSPS) is 15.2. The molecule has 0 atom stereocenters. The van der Waals surface area contributed by atoms with Gasteiger partial charge >= 0.3 is 5.97 Å². The predicted octanol–water partition coefficient (Wildman–Crippen LogP) is 6.55. The van der Waals surface area contributed by atoms with Gasteiger partial charge in [0.2, 0.25) is 11.2 Å². The quantitative estimate of drug-likeness (QED) is 0.453. The fourth-order valence-electron chi connectivity index (χ4n) is 4.22. The number of hydrogen-bond donors (Lipinski definition) is 0. The van der Waals surface area contributed by atoms with Crippen LogP contribution in [0.15, 0.2) is 51.7 Å². The molecule has 0 bridgehead atoms. The molecular formula is C27H30O4.